The number of hydrogen-bond donors (Lipinski definition) is 2. The van der Waals surface area contributed by atoms with E-state index in [0.717, 1.165) is 11.3 Å². The van der Waals surface area contributed by atoms with Crippen molar-refractivity contribution in [1.82, 2.24) is 0 Å². The summed E-state index contributed by atoms with van der Waals surface area (Å²) in [5, 5.41) is 5.46. The molecule has 4 rings (SSSR count). The molecule has 0 aliphatic carbocycles. The molecule has 3 aromatic rings. The van der Waals surface area contributed by atoms with Crippen LogP contribution in [0.15, 0.2) is 77.5 Å². The van der Waals surface area contributed by atoms with Crippen LogP contribution in [0.25, 0.3) is 0 Å². The summed E-state index contributed by atoms with van der Waals surface area (Å²) in [5.74, 6) is -0.956. The number of imide groups is 1. The first-order valence-electron chi connectivity index (χ1n) is 11.1. The van der Waals surface area contributed by atoms with Crippen molar-refractivity contribution in [1.29, 1.82) is 0 Å². The summed E-state index contributed by atoms with van der Waals surface area (Å²) in [7, 11) is 2.90. The number of carbonyl (C=O) groups excluding carboxylic acids is 3. The lowest BCUT2D eigenvalue weighted by molar-refractivity contribution is -0.120. The molecule has 0 saturated carbocycles. The molecule has 184 valence electrons. The number of carbonyl (C=O) groups is 3. The summed E-state index contributed by atoms with van der Waals surface area (Å²) >= 11 is 6.28. The molecular weight excluding hydrogens is 482 g/mol. The number of benzene rings is 3. The van der Waals surface area contributed by atoms with E-state index >= 15 is 0 Å². The second-order valence-corrected chi connectivity index (χ2v) is 8.26. The van der Waals surface area contributed by atoms with Crippen LogP contribution < -0.4 is 25.0 Å². The summed E-state index contributed by atoms with van der Waals surface area (Å²) in [6.07, 6.45) is 0.906. The lowest BCUT2D eigenvalue weighted by atomic mass is 10.1. The first-order chi connectivity index (χ1) is 17.4. The number of nitrogens with zero attached hydrogens (tertiary/aromatic N) is 1. The number of amides is 3. The molecule has 0 bridgehead atoms. The third-order valence-electron chi connectivity index (χ3n) is 5.67. The van der Waals surface area contributed by atoms with E-state index in [4.69, 9.17) is 21.1 Å². The molecule has 36 heavy (non-hydrogen) atoms. The zero-order valence-electron chi connectivity index (χ0n) is 19.9. The molecule has 1 aliphatic rings. The van der Waals surface area contributed by atoms with Crippen LogP contribution in [0.3, 0.4) is 0 Å². The molecule has 2 N–H and O–H groups in total. The second kappa shape index (κ2) is 10.5. The van der Waals surface area contributed by atoms with Crippen molar-refractivity contribution in [2.45, 2.75) is 13.3 Å². The van der Waals surface area contributed by atoms with Gasteiger partial charge in [-0.3, -0.25) is 14.4 Å². The van der Waals surface area contributed by atoms with E-state index in [1.165, 1.54) is 25.8 Å². The molecule has 0 fully saturated rings. The van der Waals surface area contributed by atoms with Gasteiger partial charge in [0.2, 0.25) is 0 Å². The van der Waals surface area contributed by atoms with E-state index in [1.54, 1.807) is 36.4 Å². The molecular formula is C27H24ClN3O5. The van der Waals surface area contributed by atoms with Crippen molar-refractivity contribution in [3.63, 3.8) is 0 Å². The fourth-order valence-corrected chi connectivity index (χ4v) is 3.92. The number of rotatable bonds is 8. The summed E-state index contributed by atoms with van der Waals surface area (Å²) in [6.45, 7) is 2.06. The highest BCUT2D eigenvalue weighted by atomic mass is 35.5. The second-order valence-electron chi connectivity index (χ2n) is 7.88. The molecule has 0 aromatic heterocycles. The Morgan fingerprint density at radius 2 is 1.67 bits per heavy atom. The highest BCUT2D eigenvalue weighted by molar-refractivity contribution is 6.53. The van der Waals surface area contributed by atoms with Crippen LogP contribution >= 0.6 is 11.6 Å². The summed E-state index contributed by atoms with van der Waals surface area (Å²) in [4.78, 5) is 39.9. The van der Waals surface area contributed by atoms with Crippen LogP contribution in [-0.2, 0) is 16.0 Å². The third-order valence-corrected chi connectivity index (χ3v) is 6.02. The van der Waals surface area contributed by atoms with Gasteiger partial charge in [0.15, 0.2) is 0 Å². The number of hydrogen-bond acceptors (Lipinski definition) is 6. The van der Waals surface area contributed by atoms with E-state index < -0.39 is 11.8 Å². The summed E-state index contributed by atoms with van der Waals surface area (Å²) in [5.41, 5.74) is 2.70. The Hall–Kier alpha value is -4.30. The summed E-state index contributed by atoms with van der Waals surface area (Å²) < 4.78 is 10.5. The Balaban J connectivity index is 1.55. The monoisotopic (exact) mass is 505 g/mol. The molecule has 3 amide bonds. The van der Waals surface area contributed by atoms with Gasteiger partial charge in [0.1, 0.15) is 22.2 Å². The van der Waals surface area contributed by atoms with Gasteiger partial charge < -0.3 is 20.1 Å². The van der Waals surface area contributed by atoms with Gasteiger partial charge in [-0.25, -0.2) is 4.90 Å². The van der Waals surface area contributed by atoms with Gasteiger partial charge in [-0.1, -0.05) is 36.7 Å². The Morgan fingerprint density at radius 3 is 2.33 bits per heavy atom. The lowest BCUT2D eigenvalue weighted by Gasteiger charge is -2.19. The van der Waals surface area contributed by atoms with Crippen LogP contribution in [0.1, 0.15) is 22.8 Å². The van der Waals surface area contributed by atoms with Crippen LogP contribution in [0.5, 0.6) is 11.5 Å². The van der Waals surface area contributed by atoms with Gasteiger partial charge >= 0.3 is 0 Å². The van der Waals surface area contributed by atoms with E-state index in [2.05, 4.69) is 17.6 Å². The molecule has 0 unspecified atom stereocenters. The van der Waals surface area contributed by atoms with Gasteiger partial charge in [0.05, 0.1) is 19.9 Å². The van der Waals surface area contributed by atoms with Crippen molar-refractivity contribution in [2.24, 2.45) is 0 Å². The average Bonchev–Trinajstić information content (AvgIpc) is 3.11. The third kappa shape index (κ3) is 4.89. The number of anilines is 3. The number of aryl methyl sites for hydroxylation is 1. The number of methoxy groups -OCH3 is 2. The molecule has 3 aromatic carbocycles. The Morgan fingerprint density at radius 1 is 0.917 bits per heavy atom. The van der Waals surface area contributed by atoms with Crippen molar-refractivity contribution >= 4 is 46.4 Å². The fourth-order valence-electron chi connectivity index (χ4n) is 3.71. The highest BCUT2D eigenvalue weighted by Gasteiger charge is 2.40. The van der Waals surface area contributed by atoms with Gasteiger partial charge in [0.25, 0.3) is 17.7 Å². The molecule has 9 heteroatoms. The van der Waals surface area contributed by atoms with Crippen molar-refractivity contribution in [3.05, 3.63) is 88.6 Å². The summed E-state index contributed by atoms with van der Waals surface area (Å²) in [6, 6.07) is 18.9. The molecule has 1 aliphatic heterocycles. The first-order valence-corrected chi connectivity index (χ1v) is 11.5. The van der Waals surface area contributed by atoms with Gasteiger partial charge in [-0.05, 0) is 54.4 Å². The molecule has 8 nitrogen and oxygen atoms in total. The molecule has 0 spiro atoms. The van der Waals surface area contributed by atoms with E-state index in [-0.39, 0.29) is 22.3 Å². The van der Waals surface area contributed by atoms with E-state index in [9.17, 15) is 14.4 Å². The lowest BCUT2D eigenvalue weighted by Crippen LogP contribution is -2.32. The van der Waals surface area contributed by atoms with Crippen molar-refractivity contribution in [2.75, 3.05) is 29.8 Å². The zero-order valence-corrected chi connectivity index (χ0v) is 20.7. The minimum atomic E-state index is -0.708. The van der Waals surface area contributed by atoms with E-state index in [1.807, 2.05) is 24.3 Å². The molecule has 0 saturated heterocycles. The largest absolute Gasteiger partial charge is 0.497 e. The van der Waals surface area contributed by atoms with Crippen LogP contribution in [-0.4, -0.2) is 31.9 Å². The Kier molecular flexibility index (Phi) is 7.26. The standard InChI is InChI=1S/C27H24ClN3O5/c1-4-16-8-10-18(11-9-16)30-25(32)17-6-5-7-19(14-17)29-24-23(28)26(33)31(27(24)34)21-15-20(35-2)12-13-22(21)36-3/h5-15,29H,4H2,1-3H3,(H,30,32). The smallest absolute Gasteiger partial charge is 0.283 e. The first kappa shape index (κ1) is 24.8. The predicted octanol–water partition coefficient (Wildman–Crippen LogP) is 4.95. The normalized spacial score (nSPS) is 13.2. The maximum atomic E-state index is 13.2. The van der Waals surface area contributed by atoms with Gasteiger partial charge in [-0.15, -0.1) is 0 Å². The Bertz CT molecular complexity index is 1370. The van der Waals surface area contributed by atoms with Crippen molar-refractivity contribution in [3.8, 4) is 11.5 Å². The van der Waals surface area contributed by atoms with Gasteiger partial charge in [0, 0.05) is 23.0 Å². The molecule has 0 radical (unpaired) electrons. The van der Waals surface area contributed by atoms with Gasteiger partial charge in [-0.2, -0.15) is 0 Å². The topological polar surface area (TPSA) is 97.0 Å². The average molecular weight is 506 g/mol. The maximum Gasteiger partial charge on any atom is 0.283 e. The SMILES string of the molecule is CCc1ccc(NC(=O)c2cccc(NC3=C(Cl)C(=O)N(c4cc(OC)ccc4OC)C3=O)c2)cc1. The van der Waals surface area contributed by atoms with Crippen LogP contribution in [0.2, 0.25) is 0 Å². The van der Waals surface area contributed by atoms with E-state index in [0.29, 0.717) is 28.4 Å². The number of halogens is 1. The van der Waals surface area contributed by atoms with Crippen LogP contribution in [0, 0.1) is 0 Å². The fraction of sp³-hybridized carbons (Fsp3) is 0.148. The molecule has 1 heterocycles. The maximum absolute atomic E-state index is 13.2. The Labute approximate surface area is 213 Å². The number of nitrogens with one attached hydrogen (secondary N) is 2. The minimum Gasteiger partial charge on any atom is -0.497 e. The van der Waals surface area contributed by atoms with Crippen molar-refractivity contribution < 1.29 is 23.9 Å². The number of ether oxygens (including phenoxy) is 2. The minimum absolute atomic E-state index is 0.112. The predicted molar refractivity (Wildman–Crippen MR) is 139 cm³/mol. The zero-order chi connectivity index (χ0) is 25.8. The van der Waals surface area contributed by atoms with Crippen LogP contribution in [0.4, 0.5) is 17.1 Å². The highest BCUT2D eigenvalue weighted by Crippen LogP contribution is 2.38. The quantitative estimate of drug-likeness (QED) is 0.420. The molecule has 0 atom stereocenters.